The smallest absolute Gasteiger partial charge is 0.321 e. The maximum absolute atomic E-state index is 11.1. The molecule has 0 amide bonds. The van der Waals surface area contributed by atoms with Crippen LogP contribution in [0.1, 0.15) is 26.2 Å². The summed E-state index contributed by atoms with van der Waals surface area (Å²) in [4.78, 5) is 10.8. The van der Waals surface area contributed by atoms with Gasteiger partial charge in [0, 0.05) is 6.42 Å². The number of halogens is 1. The van der Waals surface area contributed by atoms with Crippen LogP contribution in [-0.2, 0) is 14.3 Å². The summed E-state index contributed by atoms with van der Waals surface area (Å²) in [6.07, 6.45) is 2.66. The van der Waals surface area contributed by atoms with E-state index in [1.807, 2.05) is 0 Å². The Labute approximate surface area is 80.5 Å². The normalized spacial score (nSPS) is 26.3. The van der Waals surface area contributed by atoms with E-state index in [-0.39, 0.29) is 17.1 Å². The van der Waals surface area contributed by atoms with E-state index in [1.165, 1.54) is 0 Å². The van der Waals surface area contributed by atoms with Crippen LogP contribution in [0.2, 0.25) is 0 Å². The van der Waals surface area contributed by atoms with E-state index < -0.39 is 0 Å². The van der Waals surface area contributed by atoms with Crippen LogP contribution in [0, 0.1) is 0 Å². The Kier molecular flexibility index (Phi) is 4.01. The van der Waals surface area contributed by atoms with E-state index in [4.69, 9.17) is 9.47 Å². The lowest BCUT2D eigenvalue weighted by atomic mass is 10.2. The predicted molar refractivity (Wildman–Crippen MR) is 48.1 cm³/mol. The van der Waals surface area contributed by atoms with Gasteiger partial charge in [0.15, 0.2) is 0 Å². The number of esters is 1. The van der Waals surface area contributed by atoms with Gasteiger partial charge in [0.05, 0.1) is 6.61 Å². The number of hydrogen-bond acceptors (Lipinski definition) is 3. The highest BCUT2D eigenvalue weighted by Gasteiger charge is 2.20. The number of alkyl halides is 1. The maximum atomic E-state index is 11.1. The minimum absolute atomic E-state index is 0.247. The number of ether oxygens (including phenoxy) is 2. The summed E-state index contributed by atoms with van der Waals surface area (Å²) in [5.74, 6) is -0.248. The second-order valence-corrected chi connectivity index (χ2v) is 4.22. The maximum Gasteiger partial charge on any atom is 0.321 e. The first-order chi connectivity index (χ1) is 5.70. The molecule has 1 heterocycles. The van der Waals surface area contributed by atoms with Crippen molar-refractivity contribution in [2.45, 2.75) is 37.3 Å². The van der Waals surface area contributed by atoms with Crippen molar-refractivity contribution in [1.82, 2.24) is 0 Å². The zero-order valence-corrected chi connectivity index (χ0v) is 8.67. The van der Waals surface area contributed by atoms with Crippen LogP contribution in [0.5, 0.6) is 0 Å². The Morgan fingerprint density at radius 3 is 2.92 bits per heavy atom. The molecule has 0 aromatic rings. The summed E-state index contributed by atoms with van der Waals surface area (Å²) in [5, 5.41) is 0. The fourth-order valence-corrected chi connectivity index (χ4v) is 1.14. The molecule has 1 aliphatic heterocycles. The molecule has 0 aliphatic carbocycles. The third kappa shape index (κ3) is 3.11. The first kappa shape index (κ1) is 9.99. The molecule has 1 rings (SSSR count). The van der Waals surface area contributed by atoms with Gasteiger partial charge < -0.3 is 9.47 Å². The molecule has 4 heteroatoms. The molecule has 2 unspecified atom stereocenters. The molecule has 0 N–H and O–H groups in total. The highest BCUT2D eigenvalue weighted by Crippen LogP contribution is 2.15. The van der Waals surface area contributed by atoms with Gasteiger partial charge in [0.25, 0.3) is 0 Å². The molecule has 3 nitrogen and oxygen atoms in total. The molecule has 0 spiro atoms. The molecule has 1 aliphatic rings. The number of hydrogen-bond donors (Lipinski definition) is 0. The number of carbonyl (C=O) groups excluding carboxylic acids is 1. The van der Waals surface area contributed by atoms with Crippen molar-refractivity contribution in [3.8, 4) is 0 Å². The van der Waals surface area contributed by atoms with E-state index in [9.17, 15) is 4.79 Å². The van der Waals surface area contributed by atoms with Crippen molar-refractivity contribution in [3.63, 3.8) is 0 Å². The Morgan fingerprint density at radius 2 is 2.42 bits per heavy atom. The van der Waals surface area contributed by atoms with Crippen LogP contribution in [0.4, 0.5) is 0 Å². The Bertz CT molecular complexity index is 152. The molecule has 1 saturated heterocycles. The van der Waals surface area contributed by atoms with E-state index in [0.29, 0.717) is 6.61 Å². The first-order valence-corrected chi connectivity index (χ1v) is 5.08. The SMILES string of the molecule is CC(Br)C(=O)OC1CCCCO1. The molecule has 12 heavy (non-hydrogen) atoms. The van der Waals surface area contributed by atoms with Crippen molar-refractivity contribution >= 4 is 21.9 Å². The highest BCUT2D eigenvalue weighted by molar-refractivity contribution is 9.10. The van der Waals surface area contributed by atoms with Crippen LogP contribution in [0.25, 0.3) is 0 Å². The fraction of sp³-hybridized carbons (Fsp3) is 0.875. The predicted octanol–water partition coefficient (Wildman–Crippen LogP) is 1.84. The molecular weight excluding hydrogens is 224 g/mol. The van der Waals surface area contributed by atoms with Crippen LogP contribution < -0.4 is 0 Å². The van der Waals surface area contributed by atoms with Gasteiger partial charge in [0.2, 0.25) is 6.29 Å². The summed E-state index contributed by atoms with van der Waals surface area (Å²) in [6, 6.07) is 0. The quantitative estimate of drug-likeness (QED) is 0.543. The standard InChI is InChI=1S/C8H13BrO3/c1-6(9)8(10)12-7-4-2-3-5-11-7/h6-7H,2-5H2,1H3. The monoisotopic (exact) mass is 236 g/mol. The van der Waals surface area contributed by atoms with Gasteiger partial charge in [-0.05, 0) is 19.8 Å². The van der Waals surface area contributed by atoms with Gasteiger partial charge in [-0.25, -0.2) is 0 Å². The van der Waals surface area contributed by atoms with Crippen LogP contribution >= 0.6 is 15.9 Å². The lowest BCUT2D eigenvalue weighted by molar-refractivity contribution is -0.185. The molecule has 0 aromatic carbocycles. The van der Waals surface area contributed by atoms with Crippen LogP contribution in [0.3, 0.4) is 0 Å². The number of rotatable bonds is 2. The lowest BCUT2D eigenvalue weighted by Crippen LogP contribution is -2.28. The molecule has 0 radical (unpaired) electrons. The van der Waals surface area contributed by atoms with E-state index in [0.717, 1.165) is 19.3 Å². The molecule has 2 atom stereocenters. The molecule has 0 saturated carbocycles. The molecule has 0 bridgehead atoms. The average Bonchev–Trinajstić information content (AvgIpc) is 2.06. The van der Waals surface area contributed by atoms with Crippen molar-refractivity contribution < 1.29 is 14.3 Å². The van der Waals surface area contributed by atoms with Gasteiger partial charge in [-0.1, -0.05) is 15.9 Å². The Balaban J connectivity index is 2.24. The van der Waals surface area contributed by atoms with Gasteiger partial charge >= 0.3 is 5.97 Å². The van der Waals surface area contributed by atoms with E-state index >= 15 is 0 Å². The van der Waals surface area contributed by atoms with Gasteiger partial charge in [0.1, 0.15) is 4.83 Å². The van der Waals surface area contributed by atoms with E-state index in [1.54, 1.807) is 6.92 Å². The Hall–Kier alpha value is -0.0900. The molecule has 70 valence electrons. The molecule has 0 aromatic heterocycles. The van der Waals surface area contributed by atoms with Crippen molar-refractivity contribution in [1.29, 1.82) is 0 Å². The molecule has 1 fully saturated rings. The second-order valence-electron chi connectivity index (χ2n) is 2.85. The second kappa shape index (κ2) is 4.82. The first-order valence-electron chi connectivity index (χ1n) is 4.16. The summed E-state index contributed by atoms with van der Waals surface area (Å²) in [7, 11) is 0. The van der Waals surface area contributed by atoms with Crippen molar-refractivity contribution in [2.24, 2.45) is 0 Å². The van der Waals surface area contributed by atoms with Crippen molar-refractivity contribution in [3.05, 3.63) is 0 Å². The third-order valence-electron chi connectivity index (χ3n) is 1.71. The zero-order valence-electron chi connectivity index (χ0n) is 7.09. The van der Waals surface area contributed by atoms with E-state index in [2.05, 4.69) is 15.9 Å². The zero-order chi connectivity index (χ0) is 8.97. The van der Waals surface area contributed by atoms with Gasteiger partial charge in [-0.2, -0.15) is 0 Å². The largest absolute Gasteiger partial charge is 0.435 e. The molecular formula is C8H13BrO3. The van der Waals surface area contributed by atoms with Gasteiger partial charge in [-0.15, -0.1) is 0 Å². The summed E-state index contributed by atoms with van der Waals surface area (Å²) >= 11 is 3.14. The van der Waals surface area contributed by atoms with Gasteiger partial charge in [-0.3, -0.25) is 4.79 Å². The van der Waals surface area contributed by atoms with Crippen molar-refractivity contribution in [2.75, 3.05) is 6.61 Å². The summed E-state index contributed by atoms with van der Waals surface area (Å²) in [5.41, 5.74) is 0. The summed E-state index contributed by atoms with van der Waals surface area (Å²) in [6.45, 7) is 2.44. The minimum atomic E-state index is -0.314. The van der Waals surface area contributed by atoms with Crippen LogP contribution in [0.15, 0.2) is 0 Å². The average molecular weight is 237 g/mol. The summed E-state index contributed by atoms with van der Waals surface area (Å²) < 4.78 is 10.3. The topological polar surface area (TPSA) is 35.5 Å². The minimum Gasteiger partial charge on any atom is -0.435 e. The number of carbonyl (C=O) groups is 1. The van der Waals surface area contributed by atoms with Crippen LogP contribution in [-0.4, -0.2) is 23.7 Å². The lowest BCUT2D eigenvalue weighted by Gasteiger charge is -2.22. The third-order valence-corrected chi connectivity index (χ3v) is 2.08. The fourth-order valence-electron chi connectivity index (χ4n) is 1.03. The Morgan fingerprint density at radius 1 is 1.67 bits per heavy atom. The highest BCUT2D eigenvalue weighted by atomic mass is 79.9.